The van der Waals surface area contributed by atoms with Crippen LogP contribution in [0.1, 0.15) is 42.0 Å². The lowest BCUT2D eigenvalue weighted by atomic mass is 10.1. The fourth-order valence-electron chi connectivity index (χ4n) is 3.13. The van der Waals surface area contributed by atoms with Gasteiger partial charge in [-0.25, -0.2) is 9.98 Å². The lowest BCUT2D eigenvalue weighted by Gasteiger charge is -2.29. The Hall–Kier alpha value is -3.00. The molecule has 0 bridgehead atoms. The van der Waals surface area contributed by atoms with Crippen LogP contribution >= 0.6 is 11.6 Å². The van der Waals surface area contributed by atoms with Crippen LogP contribution in [0, 0.1) is 5.92 Å². The Balaban J connectivity index is 1.97. The normalized spacial score (nSPS) is 15.6. The molecule has 1 aromatic heterocycles. The zero-order valence-corrected chi connectivity index (χ0v) is 19.6. The van der Waals surface area contributed by atoms with Gasteiger partial charge in [0.2, 0.25) is 5.96 Å². The number of carbonyl (C=O) groups is 1. The maximum absolute atomic E-state index is 13.4. The summed E-state index contributed by atoms with van der Waals surface area (Å²) >= 11 is 5.96. The van der Waals surface area contributed by atoms with E-state index in [9.17, 15) is 26.4 Å². The second-order valence-electron chi connectivity index (χ2n) is 7.45. The van der Waals surface area contributed by atoms with Gasteiger partial charge in [0.15, 0.2) is 5.82 Å². The van der Waals surface area contributed by atoms with Crippen LogP contribution in [0.2, 0.25) is 5.02 Å². The number of aromatic nitrogens is 3. The molecule has 0 radical (unpaired) electrons. The summed E-state index contributed by atoms with van der Waals surface area (Å²) in [5, 5.41) is 3.89. The van der Waals surface area contributed by atoms with Gasteiger partial charge in [0, 0.05) is 30.2 Å². The van der Waals surface area contributed by atoms with E-state index in [-0.39, 0.29) is 22.5 Å². The van der Waals surface area contributed by atoms with E-state index in [4.69, 9.17) is 11.6 Å². The summed E-state index contributed by atoms with van der Waals surface area (Å²) in [7, 11) is -4.46. The fourth-order valence-corrected chi connectivity index (χ4v) is 3.80. The molecule has 0 N–H and O–H groups in total. The standard InChI is InChI=1S/C19H20ClF3N6O4S/c1-11(16-26-10-27-29(16)18(24-2)25-3)28(9-12-4-5-12)17(30)13-6-14(20)8-15(7-13)33-34(31,32)19(21,22)23/h6-8,10-12H,2,4-5,9H2,1,3H3. The Labute approximate surface area is 198 Å². The van der Waals surface area contributed by atoms with Crippen molar-refractivity contribution in [2.24, 2.45) is 15.9 Å². The molecule has 0 saturated heterocycles. The predicted octanol–water partition coefficient (Wildman–Crippen LogP) is 3.31. The van der Waals surface area contributed by atoms with Gasteiger partial charge in [0.1, 0.15) is 12.1 Å². The van der Waals surface area contributed by atoms with Crippen molar-refractivity contribution < 1.29 is 30.6 Å². The maximum atomic E-state index is 13.4. The van der Waals surface area contributed by atoms with E-state index in [1.165, 1.54) is 29.0 Å². The van der Waals surface area contributed by atoms with Crippen LogP contribution in [0.25, 0.3) is 0 Å². The predicted molar refractivity (Wildman–Crippen MR) is 118 cm³/mol. The number of hydrogen-bond acceptors (Lipinski definition) is 7. The summed E-state index contributed by atoms with van der Waals surface area (Å²) in [5.41, 5.74) is -5.81. The molecule has 34 heavy (non-hydrogen) atoms. The summed E-state index contributed by atoms with van der Waals surface area (Å²) in [5.74, 6) is -0.673. The van der Waals surface area contributed by atoms with E-state index < -0.39 is 33.3 Å². The largest absolute Gasteiger partial charge is 0.534 e. The van der Waals surface area contributed by atoms with Gasteiger partial charge in [0.05, 0.1) is 6.04 Å². The average Bonchev–Trinajstić information content (AvgIpc) is 3.44. The number of hydrogen-bond donors (Lipinski definition) is 0. The molecule has 184 valence electrons. The molecule has 0 aliphatic heterocycles. The molecule has 1 aromatic carbocycles. The lowest BCUT2D eigenvalue weighted by Crippen LogP contribution is -2.37. The highest BCUT2D eigenvalue weighted by Crippen LogP contribution is 2.35. The SMILES string of the molecule is C=NC(=NC)n1ncnc1C(C)N(CC1CC1)C(=O)c1cc(Cl)cc(OS(=O)(=O)C(F)(F)F)c1. The molecule has 1 saturated carbocycles. The van der Waals surface area contributed by atoms with E-state index in [0.29, 0.717) is 12.4 Å². The van der Waals surface area contributed by atoms with Crippen molar-refractivity contribution in [2.75, 3.05) is 13.6 Å². The third kappa shape index (κ3) is 5.55. The van der Waals surface area contributed by atoms with Gasteiger partial charge < -0.3 is 9.08 Å². The van der Waals surface area contributed by atoms with Crippen LogP contribution in [-0.2, 0) is 10.1 Å². The van der Waals surface area contributed by atoms with Gasteiger partial charge in [-0.1, -0.05) is 11.6 Å². The molecule has 10 nitrogen and oxygen atoms in total. The monoisotopic (exact) mass is 520 g/mol. The first-order valence-corrected chi connectivity index (χ1v) is 11.6. The molecule has 3 rings (SSSR count). The average molecular weight is 521 g/mol. The van der Waals surface area contributed by atoms with Gasteiger partial charge in [-0.3, -0.25) is 9.79 Å². The second kappa shape index (κ2) is 9.70. The number of carbonyl (C=O) groups excluding carboxylic acids is 1. The number of nitrogens with zero attached hydrogens (tertiary/aromatic N) is 6. The first-order chi connectivity index (χ1) is 15.9. The van der Waals surface area contributed by atoms with E-state index in [2.05, 4.69) is 31.0 Å². The third-order valence-electron chi connectivity index (χ3n) is 4.97. The molecule has 1 atom stereocenters. The summed E-state index contributed by atoms with van der Waals surface area (Å²) in [6.45, 7) is 5.44. The fraction of sp³-hybridized carbons (Fsp3) is 0.421. The molecule has 1 aliphatic carbocycles. The molecule has 1 heterocycles. The van der Waals surface area contributed by atoms with Crippen LogP contribution in [-0.4, -0.2) is 65.8 Å². The molecule has 0 spiro atoms. The third-order valence-corrected chi connectivity index (χ3v) is 6.16. The smallest absolute Gasteiger partial charge is 0.376 e. The Morgan fingerprint density at radius 1 is 1.38 bits per heavy atom. The number of amides is 1. The van der Waals surface area contributed by atoms with Crippen molar-refractivity contribution in [3.05, 3.63) is 40.9 Å². The van der Waals surface area contributed by atoms with E-state index in [0.717, 1.165) is 25.0 Å². The number of alkyl halides is 3. The van der Waals surface area contributed by atoms with Crippen molar-refractivity contribution in [1.29, 1.82) is 0 Å². The molecular weight excluding hydrogens is 501 g/mol. The van der Waals surface area contributed by atoms with Gasteiger partial charge in [-0.05, 0) is 44.5 Å². The van der Waals surface area contributed by atoms with E-state index in [1.54, 1.807) is 6.92 Å². The number of rotatable bonds is 7. The van der Waals surface area contributed by atoms with E-state index in [1.807, 2.05) is 0 Å². The van der Waals surface area contributed by atoms with Crippen LogP contribution in [0.3, 0.4) is 0 Å². The van der Waals surface area contributed by atoms with Gasteiger partial charge in [-0.15, -0.1) is 0 Å². The highest BCUT2D eigenvalue weighted by atomic mass is 35.5. The summed E-state index contributed by atoms with van der Waals surface area (Å²) in [6.07, 6.45) is 3.05. The minimum Gasteiger partial charge on any atom is -0.376 e. The molecule has 1 unspecified atom stereocenters. The van der Waals surface area contributed by atoms with Crippen LogP contribution < -0.4 is 4.18 Å². The number of benzene rings is 1. The van der Waals surface area contributed by atoms with Crippen LogP contribution in [0.5, 0.6) is 5.75 Å². The number of aliphatic imine (C=N–C) groups is 2. The second-order valence-corrected chi connectivity index (χ2v) is 9.42. The highest BCUT2D eigenvalue weighted by Gasteiger charge is 2.48. The van der Waals surface area contributed by atoms with Crippen molar-refractivity contribution in [3.63, 3.8) is 0 Å². The zero-order chi connectivity index (χ0) is 25.3. The Bertz CT molecular complexity index is 1230. The molecule has 1 fully saturated rings. The van der Waals surface area contributed by atoms with Crippen molar-refractivity contribution >= 4 is 40.3 Å². The van der Waals surface area contributed by atoms with Crippen molar-refractivity contribution in [3.8, 4) is 5.75 Å². The first kappa shape index (κ1) is 25.6. The molecule has 2 aromatic rings. The van der Waals surface area contributed by atoms with Crippen LogP contribution in [0.4, 0.5) is 13.2 Å². The Morgan fingerprint density at radius 3 is 2.62 bits per heavy atom. The first-order valence-electron chi connectivity index (χ1n) is 9.84. The van der Waals surface area contributed by atoms with Crippen LogP contribution in [0.15, 0.2) is 34.5 Å². The van der Waals surface area contributed by atoms with E-state index >= 15 is 0 Å². The molecule has 1 amide bonds. The highest BCUT2D eigenvalue weighted by molar-refractivity contribution is 7.88. The van der Waals surface area contributed by atoms with Gasteiger partial charge in [-0.2, -0.15) is 31.4 Å². The summed E-state index contributed by atoms with van der Waals surface area (Å²) in [6, 6.07) is 2.29. The summed E-state index contributed by atoms with van der Waals surface area (Å²) < 4.78 is 66.4. The minimum absolute atomic E-state index is 0.147. The zero-order valence-electron chi connectivity index (χ0n) is 18.0. The maximum Gasteiger partial charge on any atom is 0.534 e. The quantitative estimate of drug-likeness (QED) is 0.239. The Kier molecular flexibility index (Phi) is 7.31. The molecule has 1 aliphatic rings. The molecular formula is C19H20ClF3N6O4S. The summed E-state index contributed by atoms with van der Waals surface area (Å²) in [4.78, 5) is 26.8. The minimum atomic E-state index is -5.95. The van der Waals surface area contributed by atoms with Gasteiger partial charge in [0.25, 0.3) is 5.91 Å². The van der Waals surface area contributed by atoms with Crippen molar-refractivity contribution in [2.45, 2.75) is 31.3 Å². The van der Waals surface area contributed by atoms with Crippen molar-refractivity contribution in [1.82, 2.24) is 19.7 Å². The van der Waals surface area contributed by atoms with Gasteiger partial charge >= 0.3 is 15.6 Å². The topological polar surface area (TPSA) is 119 Å². The Morgan fingerprint density at radius 2 is 2.06 bits per heavy atom. The number of halogens is 4. The molecule has 15 heteroatoms. The lowest BCUT2D eigenvalue weighted by molar-refractivity contribution is -0.0500.